The number of carbonyl (C=O) groups is 1. The SMILES string of the molecule is O=C(O)C1CC1c1ccc([N+](=O)[O-])s1. The van der Waals surface area contributed by atoms with Crippen LogP contribution in [0.25, 0.3) is 0 Å². The highest BCUT2D eigenvalue weighted by molar-refractivity contribution is 7.15. The fraction of sp³-hybridized carbons (Fsp3) is 0.375. The Morgan fingerprint density at radius 1 is 1.64 bits per heavy atom. The molecule has 74 valence electrons. The Hall–Kier alpha value is -1.43. The Kier molecular flexibility index (Phi) is 1.99. The van der Waals surface area contributed by atoms with E-state index in [9.17, 15) is 14.9 Å². The quantitative estimate of drug-likeness (QED) is 0.613. The molecule has 5 nitrogen and oxygen atoms in total. The van der Waals surface area contributed by atoms with Crippen LogP contribution in [0.4, 0.5) is 5.00 Å². The number of nitrogens with zero attached hydrogens (tertiary/aromatic N) is 1. The first-order chi connectivity index (χ1) is 6.59. The van der Waals surface area contributed by atoms with Gasteiger partial charge >= 0.3 is 11.0 Å². The zero-order valence-electron chi connectivity index (χ0n) is 7.04. The van der Waals surface area contributed by atoms with Gasteiger partial charge in [0.1, 0.15) is 0 Å². The summed E-state index contributed by atoms with van der Waals surface area (Å²) >= 11 is 1.07. The predicted octanol–water partition coefficient (Wildman–Crippen LogP) is 1.84. The molecule has 2 rings (SSSR count). The molecule has 1 aliphatic rings. The van der Waals surface area contributed by atoms with Crippen LogP contribution in [0, 0.1) is 16.0 Å². The molecule has 2 unspecified atom stereocenters. The van der Waals surface area contributed by atoms with E-state index in [1.807, 2.05) is 0 Å². The van der Waals surface area contributed by atoms with Gasteiger partial charge in [-0.15, -0.1) is 0 Å². The Bertz CT molecular complexity index is 400. The number of thiophene rings is 1. The number of carboxylic acids is 1. The van der Waals surface area contributed by atoms with Crippen molar-refractivity contribution in [1.82, 2.24) is 0 Å². The van der Waals surface area contributed by atoms with Gasteiger partial charge in [0, 0.05) is 16.9 Å². The number of rotatable bonds is 3. The summed E-state index contributed by atoms with van der Waals surface area (Å²) in [6.07, 6.45) is 0.604. The van der Waals surface area contributed by atoms with Crippen molar-refractivity contribution in [2.24, 2.45) is 5.92 Å². The summed E-state index contributed by atoms with van der Waals surface area (Å²) in [6, 6.07) is 3.08. The monoisotopic (exact) mass is 213 g/mol. The van der Waals surface area contributed by atoms with Gasteiger partial charge in [0.15, 0.2) is 0 Å². The molecule has 1 fully saturated rings. The summed E-state index contributed by atoms with van der Waals surface area (Å²) in [5.74, 6) is -1.16. The van der Waals surface area contributed by atoms with Gasteiger partial charge in [-0.25, -0.2) is 0 Å². The van der Waals surface area contributed by atoms with E-state index in [0.29, 0.717) is 6.42 Å². The second-order valence-electron chi connectivity index (χ2n) is 3.22. The van der Waals surface area contributed by atoms with E-state index in [1.54, 1.807) is 6.07 Å². The van der Waals surface area contributed by atoms with E-state index < -0.39 is 10.9 Å². The summed E-state index contributed by atoms with van der Waals surface area (Å²) < 4.78 is 0. The largest absolute Gasteiger partial charge is 0.481 e. The molecule has 6 heteroatoms. The lowest BCUT2D eigenvalue weighted by Crippen LogP contribution is -1.97. The minimum absolute atomic E-state index is 0.00815. The Balaban J connectivity index is 2.12. The first kappa shape index (κ1) is 9.14. The lowest BCUT2D eigenvalue weighted by atomic mass is 10.3. The van der Waals surface area contributed by atoms with Gasteiger partial charge in [0.05, 0.1) is 10.8 Å². The third-order valence-electron chi connectivity index (χ3n) is 2.27. The third-order valence-corrected chi connectivity index (χ3v) is 3.43. The minimum Gasteiger partial charge on any atom is -0.481 e. The highest BCUT2D eigenvalue weighted by atomic mass is 32.1. The fourth-order valence-corrected chi connectivity index (χ4v) is 2.42. The van der Waals surface area contributed by atoms with Crippen LogP contribution in [0.5, 0.6) is 0 Å². The van der Waals surface area contributed by atoms with Crippen molar-refractivity contribution < 1.29 is 14.8 Å². The molecule has 1 aromatic rings. The topological polar surface area (TPSA) is 80.4 Å². The van der Waals surface area contributed by atoms with Gasteiger partial charge in [-0.2, -0.15) is 0 Å². The van der Waals surface area contributed by atoms with Crippen LogP contribution < -0.4 is 0 Å². The molecule has 1 saturated carbocycles. The van der Waals surface area contributed by atoms with Crippen LogP contribution in [0.15, 0.2) is 12.1 Å². The van der Waals surface area contributed by atoms with E-state index in [4.69, 9.17) is 5.11 Å². The highest BCUT2D eigenvalue weighted by Gasteiger charge is 2.45. The van der Waals surface area contributed by atoms with Crippen LogP contribution >= 0.6 is 11.3 Å². The molecular formula is C8H7NO4S. The number of nitro groups is 1. The smallest absolute Gasteiger partial charge is 0.324 e. The fourth-order valence-electron chi connectivity index (χ4n) is 1.42. The van der Waals surface area contributed by atoms with Crippen LogP contribution in [0.3, 0.4) is 0 Å². The lowest BCUT2D eigenvalue weighted by molar-refractivity contribution is -0.380. The number of carboxylic acid groups (broad SMARTS) is 1. The molecule has 1 aliphatic carbocycles. The van der Waals surface area contributed by atoms with Crippen LogP contribution in [-0.2, 0) is 4.79 Å². The van der Waals surface area contributed by atoms with Crippen molar-refractivity contribution >= 4 is 22.3 Å². The van der Waals surface area contributed by atoms with Crippen molar-refractivity contribution in [2.45, 2.75) is 12.3 Å². The molecule has 0 bridgehead atoms. The minimum atomic E-state index is -0.814. The van der Waals surface area contributed by atoms with Gasteiger partial charge < -0.3 is 5.11 Å². The average Bonchev–Trinajstić information content (AvgIpc) is 2.76. The van der Waals surface area contributed by atoms with Crippen LogP contribution in [-0.4, -0.2) is 16.0 Å². The van der Waals surface area contributed by atoms with Gasteiger partial charge in [-0.1, -0.05) is 11.3 Å². The molecule has 0 aromatic carbocycles. The van der Waals surface area contributed by atoms with Crippen molar-refractivity contribution in [1.29, 1.82) is 0 Å². The maximum absolute atomic E-state index is 10.6. The van der Waals surface area contributed by atoms with Crippen LogP contribution in [0.2, 0.25) is 0 Å². The Labute approximate surface area is 83.1 Å². The predicted molar refractivity (Wildman–Crippen MR) is 49.5 cm³/mol. The molecule has 1 heterocycles. The molecular weight excluding hydrogens is 206 g/mol. The van der Waals surface area contributed by atoms with Crippen molar-refractivity contribution in [3.63, 3.8) is 0 Å². The summed E-state index contributed by atoms with van der Waals surface area (Å²) in [4.78, 5) is 21.3. The molecule has 1 aromatic heterocycles. The third kappa shape index (κ3) is 1.48. The summed E-state index contributed by atoms with van der Waals surface area (Å²) in [5.41, 5.74) is 0. The van der Waals surface area contributed by atoms with Crippen molar-refractivity contribution in [3.05, 3.63) is 27.1 Å². The van der Waals surface area contributed by atoms with Gasteiger partial charge in [0.2, 0.25) is 0 Å². The zero-order valence-corrected chi connectivity index (χ0v) is 7.86. The lowest BCUT2D eigenvalue weighted by Gasteiger charge is -1.89. The van der Waals surface area contributed by atoms with Gasteiger partial charge in [0.25, 0.3) is 0 Å². The molecule has 0 amide bonds. The normalized spacial score (nSPS) is 24.6. The molecule has 0 saturated heterocycles. The average molecular weight is 213 g/mol. The summed E-state index contributed by atoms with van der Waals surface area (Å²) in [6.45, 7) is 0. The van der Waals surface area contributed by atoms with E-state index in [-0.39, 0.29) is 16.8 Å². The first-order valence-electron chi connectivity index (χ1n) is 4.06. The molecule has 0 aliphatic heterocycles. The van der Waals surface area contributed by atoms with Crippen molar-refractivity contribution in [2.75, 3.05) is 0 Å². The Morgan fingerprint density at radius 3 is 2.79 bits per heavy atom. The molecule has 14 heavy (non-hydrogen) atoms. The number of aliphatic carboxylic acids is 1. The van der Waals surface area contributed by atoms with Crippen LogP contribution in [0.1, 0.15) is 17.2 Å². The highest BCUT2D eigenvalue weighted by Crippen LogP contribution is 2.50. The maximum atomic E-state index is 10.6. The molecule has 0 radical (unpaired) electrons. The maximum Gasteiger partial charge on any atom is 0.324 e. The summed E-state index contributed by atoms with van der Waals surface area (Å²) in [7, 11) is 0. The molecule has 1 N–H and O–H groups in total. The standard InChI is InChI=1S/C8H7NO4S/c10-8(11)5-3-4(5)6-1-2-7(14-6)9(12)13/h1-2,4-5H,3H2,(H,10,11). The molecule has 2 atom stereocenters. The number of hydrogen-bond donors (Lipinski definition) is 1. The van der Waals surface area contributed by atoms with Crippen molar-refractivity contribution in [3.8, 4) is 0 Å². The van der Waals surface area contributed by atoms with E-state index >= 15 is 0 Å². The first-order valence-corrected chi connectivity index (χ1v) is 4.88. The van der Waals surface area contributed by atoms with E-state index in [0.717, 1.165) is 16.2 Å². The second kappa shape index (κ2) is 3.06. The summed E-state index contributed by atoms with van der Waals surface area (Å²) in [5, 5.41) is 19.1. The second-order valence-corrected chi connectivity index (χ2v) is 4.31. The van der Waals surface area contributed by atoms with Gasteiger partial charge in [-0.3, -0.25) is 14.9 Å². The Morgan fingerprint density at radius 2 is 2.36 bits per heavy atom. The van der Waals surface area contributed by atoms with E-state index in [1.165, 1.54) is 6.07 Å². The van der Waals surface area contributed by atoms with Gasteiger partial charge in [-0.05, 0) is 12.5 Å². The zero-order chi connectivity index (χ0) is 10.3. The molecule has 0 spiro atoms. The number of hydrogen-bond acceptors (Lipinski definition) is 4. The van der Waals surface area contributed by atoms with E-state index in [2.05, 4.69) is 0 Å².